The predicted molar refractivity (Wildman–Crippen MR) is 246 cm³/mol. The number of nitrogens with zero attached hydrogens (tertiary/aromatic N) is 6. The van der Waals surface area contributed by atoms with Crippen LogP contribution in [0.1, 0.15) is 75.6 Å². The van der Waals surface area contributed by atoms with Crippen molar-refractivity contribution in [2.75, 3.05) is 13.2 Å². The van der Waals surface area contributed by atoms with E-state index in [9.17, 15) is 50.3 Å². The van der Waals surface area contributed by atoms with Crippen molar-refractivity contribution < 1.29 is 80.3 Å². The number of aliphatic hydroxyl groups is 1. The van der Waals surface area contributed by atoms with Crippen molar-refractivity contribution in [3.8, 4) is 23.0 Å². The van der Waals surface area contributed by atoms with Gasteiger partial charge >= 0.3 is 42.6 Å². The van der Waals surface area contributed by atoms with Gasteiger partial charge < -0.3 is 30.3 Å². The van der Waals surface area contributed by atoms with Crippen LogP contribution in [0.25, 0.3) is 22.1 Å². The number of halogens is 6. The van der Waals surface area contributed by atoms with Crippen molar-refractivity contribution in [3.05, 3.63) is 125 Å². The van der Waals surface area contributed by atoms with Crippen LogP contribution in [-0.2, 0) is 61.9 Å². The molecule has 24 heteroatoms. The third kappa shape index (κ3) is 14.9. The van der Waals surface area contributed by atoms with Crippen molar-refractivity contribution in [2.24, 2.45) is 25.9 Å². The van der Waals surface area contributed by atoms with Crippen molar-refractivity contribution in [1.29, 1.82) is 0 Å². The first kappa shape index (κ1) is 60.9. The second-order valence-electron chi connectivity index (χ2n) is 16.7. The summed E-state index contributed by atoms with van der Waals surface area (Å²) in [5, 5.41) is 9.48. The average molecular weight is 1000 g/mol. The van der Waals surface area contributed by atoms with Crippen LogP contribution in [-0.4, -0.2) is 64.0 Å². The third-order valence-corrected chi connectivity index (χ3v) is 10.8. The first-order chi connectivity index (χ1) is 32.1. The van der Waals surface area contributed by atoms with Gasteiger partial charge in [-0.05, 0) is 86.8 Å². The fourth-order valence-corrected chi connectivity index (χ4v) is 7.23. The number of aliphatic hydroxyl groups excluding tert-OH is 1. The molecular formula is C47H55F6LiN6O11. The molecule has 382 valence electrons. The summed E-state index contributed by atoms with van der Waals surface area (Å²) < 4.78 is 99.7. The second-order valence-corrected chi connectivity index (χ2v) is 16.7. The number of hydrogen-bond acceptors (Lipinski definition) is 12. The van der Waals surface area contributed by atoms with Gasteiger partial charge in [0.05, 0.1) is 40.9 Å². The number of carbonyl (C=O) groups excluding carboxylic acids is 1. The molecule has 0 aliphatic heterocycles. The van der Waals surface area contributed by atoms with Crippen LogP contribution in [0.4, 0.5) is 26.3 Å². The minimum absolute atomic E-state index is 0. The molecule has 0 bridgehead atoms. The molecular weight excluding hydrogens is 945 g/mol. The Morgan fingerprint density at radius 3 is 1.42 bits per heavy atom. The third-order valence-electron chi connectivity index (χ3n) is 10.8. The van der Waals surface area contributed by atoms with E-state index in [1.165, 1.54) is 59.9 Å². The quantitative estimate of drug-likeness (QED) is 0.0558. The standard InChI is InChI=1S/C24H26F3N3O5.C23H26F3N3O4.Li.2H2O/c1-15(2)8-9-18-19(35-17-7-4-6-16(12-17)24(25,26)27)13-28-21-20(18)22(32)30(23(33)29(21)3)10-5-11-34-14-31;1-14(2)8-9-17-18(33-16-7-4-6-15(12-16)23(24,25)26)13-27-20-19(17)21(31)29(10-5-11-30)22(32)28(20)3;;;/h4,6-7,12-15H,5,8-11H2,1-3H3;4,6-7,12-14,30H,5,8-11H2,1-3H3;;2*1H2/q;;+1;;/p-1. The normalized spacial score (nSPS) is 11.4. The van der Waals surface area contributed by atoms with Crippen molar-refractivity contribution in [2.45, 2.75) is 91.7 Å². The van der Waals surface area contributed by atoms with E-state index in [1.54, 1.807) is 0 Å². The van der Waals surface area contributed by atoms with E-state index in [-0.39, 0.29) is 132 Å². The predicted octanol–water partition coefficient (Wildman–Crippen LogP) is 3.94. The molecule has 0 unspecified atom stereocenters. The zero-order valence-electron chi connectivity index (χ0n) is 40.2. The van der Waals surface area contributed by atoms with Gasteiger partial charge in [0.2, 0.25) is 0 Å². The maximum atomic E-state index is 13.4. The molecule has 2 aromatic carbocycles. The van der Waals surface area contributed by atoms with Crippen LogP contribution in [0.5, 0.6) is 23.0 Å². The topological polar surface area (TPSA) is 240 Å². The molecule has 0 radical (unpaired) electrons. The van der Waals surface area contributed by atoms with Gasteiger partial charge in [0.25, 0.3) is 17.6 Å². The Morgan fingerprint density at radius 1 is 0.676 bits per heavy atom. The van der Waals surface area contributed by atoms with Crippen LogP contribution < -0.4 is 50.8 Å². The summed E-state index contributed by atoms with van der Waals surface area (Å²) in [5.41, 5.74) is -2.77. The average Bonchev–Trinajstić information content (AvgIpc) is 3.28. The van der Waals surface area contributed by atoms with Gasteiger partial charge in [0.1, 0.15) is 34.3 Å². The molecule has 0 atom stereocenters. The summed E-state index contributed by atoms with van der Waals surface area (Å²) in [6.45, 7) is 8.18. The van der Waals surface area contributed by atoms with E-state index < -0.39 is 46.0 Å². The molecule has 0 fully saturated rings. The van der Waals surface area contributed by atoms with E-state index in [1.807, 2.05) is 27.7 Å². The van der Waals surface area contributed by atoms with Crippen LogP contribution in [0, 0.1) is 11.8 Å². The van der Waals surface area contributed by atoms with Gasteiger partial charge in [-0.25, -0.2) is 19.6 Å². The van der Waals surface area contributed by atoms with Gasteiger partial charge in [-0.15, -0.1) is 0 Å². The Balaban J connectivity index is 0.000000468. The minimum Gasteiger partial charge on any atom is -0.870 e. The molecule has 6 aromatic rings. The van der Waals surface area contributed by atoms with Crippen molar-refractivity contribution in [3.63, 3.8) is 0 Å². The second kappa shape index (κ2) is 26.3. The molecule has 4 aromatic heterocycles. The maximum absolute atomic E-state index is 13.4. The van der Waals surface area contributed by atoms with Gasteiger partial charge in [0, 0.05) is 44.9 Å². The molecule has 0 saturated heterocycles. The fourth-order valence-electron chi connectivity index (χ4n) is 7.23. The molecule has 71 heavy (non-hydrogen) atoms. The zero-order valence-corrected chi connectivity index (χ0v) is 40.2. The number of hydrogen-bond donors (Lipinski definition) is 1. The number of carbonyl (C=O) groups is 1. The van der Waals surface area contributed by atoms with Gasteiger partial charge in [-0.2, -0.15) is 26.3 Å². The Labute approximate surface area is 414 Å². The number of alkyl halides is 6. The van der Waals surface area contributed by atoms with E-state index in [2.05, 4.69) is 14.7 Å². The van der Waals surface area contributed by atoms with E-state index >= 15 is 0 Å². The smallest absolute Gasteiger partial charge is 0.870 e. The zero-order chi connectivity index (χ0) is 50.1. The number of rotatable bonds is 18. The first-order valence-corrected chi connectivity index (χ1v) is 21.7. The van der Waals surface area contributed by atoms with Crippen molar-refractivity contribution >= 4 is 28.5 Å². The number of aromatic nitrogens is 6. The number of fused-ring (bicyclic) bond motifs is 2. The van der Waals surface area contributed by atoms with E-state index in [0.717, 1.165) is 33.4 Å². The van der Waals surface area contributed by atoms with Gasteiger partial charge in [-0.1, -0.05) is 39.8 Å². The molecule has 0 aliphatic carbocycles. The Kier molecular flexibility index (Phi) is 22.5. The monoisotopic (exact) mass is 1000 g/mol. The summed E-state index contributed by atoms with van der Waals surface area (Å²) in [6, 6.07) is 8.90. The number of pyridine rings is 2. The minimum atomic E-state index is -4.54. The van der Waals surface area contributed by atoms with Crippen LogP contribution in [0.3, 0.4) is 0 Å². The molecule has 4 heterocycles. The Morgan fingerprint density at radius 2 is 1.07 bits per heavy atom. The SMILES string of the molecule is CC(C)CCc1c(Oc2cccc(C(F)(F)F)c2)cnc2c1c(=O)n(CCCO)c(=O)n2C.CC(C)CCc1c(Oc2cccc(C(F)(F)F)c2)cnc2c1c(=O)n(CCCOC=O)c(=O)n2C.O.[Li+].[OH-]. The largest absolute Gasteiger partial charge is 1.00 e. The number of benzene rings is 2. The van der Waals surface area contributed by atoms with E-state index in [0.29, 0.717) is 36.8 Å². The molecule has 0 saturated carbocycles. The number of ether oxygens (including phenoxy) is 3. The maximum Gasteiger partial charge on any atom is 1.00 e. The fraction of sp³-hybridized carbons (Fsp3) is 0.426. The molecule has 6 rings (SSSR count). The Hall–Kier alpha value is -6.25. The van der Waals surface area contributed by atoms with Gasteiger partial charge in [-0.3, -0.25) is 32.7 Å². The van der Waals surface area contributed by atoms with Crippen molar-refractivity contribution in [1.82, 2.24) is 28.2 Å². The first-order valence-electron chi connectivity index (χ1n) is 21.7. The Bertz CT molecular complexity index is 3010. The molecule has 4 N–H and O–H groups in total. The summed E-state index contributed by atoms with van der Waals surface area (Å²) in [4.78, 5) is 71.0. The van der Waals surface area contributed by atoms with Crippen LogP contribution in [0.2, 0.25) is 0 Å². The van der Waals surface area contributed by atoms with Crippen LogP contribution >= 0.6 is 0 Å². The summed E-state index contributed by atoms with van der Waals surface area (Å²) in [7, 11) is 2.97. The summed E-state index contributed by atoms with van der Waals surface area (Å²) in [6.07, 6.45) is -3.84. The van der Waals surface area contributed by atoms with Gasteiger partial charge in [0.15, 0.2) is 0 Å². The summed E-state index contributed by atoms with van der Waals surface area (Å²) in [5.74, 6) is 0.745. The summed E-state index contributed by atoms with van der Waals surface area (Å²) >= 11 is 0. The van der Waals surface area contributed by atoms with Crippen LogP contribution in [0.15, 0.2) is 80.1 Å². The molecule has 0 spiro atoms. The molecule has 0 amide bonds. The molecule has 17 nitrogen and oxygen atoms in total. The number of aryl methyl sites for hydroxylation is 4. The van der Waals surface area contributed by atoms with E-state index in [4.69, 9.17) is 14.6 Å². The molecule has 0 aliphatic rings.